The Morgan fingerprint density at radius 2 is 1.93 bits per heavy atom. The van der Waals surface area contributed by atoms with Gasteiger partial charge in [0.2, 0.25) is 0 Å². The molecule has 14 heavy (non-hydrogen) atoms. The first kappa shape index (κ1) is 9.21. The average Bonchev–Trinajstić information content (AvgIpc) is 2.69. The summed E-state index contributed by atoms with van der Waals surface area (Å²) in [5.41, 5.74) is 1.01. The Morgan fingerprint density at radius 3 is 2.64 bits per heavy atom. The molecule has 0 spiro atoms. The summed E-state index contributed by atoms with van der Waals surface area (Å²) in [5.74, 6) is 0. The van der Waals surface area contributed by atoms with Gasteiger partial charge in [-0.15, -0.1) is 0 Å². The molecule has 0 fully saturated rings. The van der Waals surface area contributed by atoms with E-state index in [4.69, 9.17) is 11.6 Å². The molecule has 2 rings (SSSR count). The number of halogens is 1. The second kappa shape index (κ2) is 4.24. The minimum atomic E-state index is 0.636. The van der Waals surface area contributed by atoms with Crippen LogP contribution in [0.1, 0.15) is 5.56 Å². The van der Waals surface area contributed by atoms with Crippen LogP contribution in [-0.4, -0.2) is 15.0 Å². The van der Waals surface area contributed by atoms with E-state index in [1.54, 1.807) is 17.2 Å². The lowest BCUT2D eigenvalue weighted by molar-refractivity contribution is 0.585. The predicted molar refractivity (Wildman–Crippen MR) is 54.9 cm³/mol. The highest BCUT2D eigenvalue weighted by molar-refractivity contribution is 6.31. The molecule has 1 radical (unpaired) electrons. The first-order chi connectivity index (χ1) is 6.86. The molecule has 0 aliphatic heterocycles. The van der Waals surface area contributed by atoms with Crippen molar-refractivity contribution < 1.29 is 0 Å². The topological polar surface area (TPSA) is 30.7 Å². The molecule has 0 unspecified atom stereocenters. The van der Waals surface area contributed by atoms with E-state index in [9.17, 15) is 0 Å². The molecular weight excluding hydrogens is 198 g/mol. The van der Waals surface area contributed by atoms with E-state index in [2.05, 4.69) is 10.2 Å². The van der Waals surface area contributed by atoms with Crippen LogP contribution in [0.2, 0.25) is 5.02 Å². The first-order valence-corrected chi connectivity index (χ1v) is 4.66. The number of hydrogen-bond donors (Lipinski definition) is 0. The third kappa shape index (κ3) is 2.12. The molecule has 0 saturated heterocycles. The van der Waals surface area contributed by atoms with Crippen LogP contribution in [0.25, 0.3) is 0 Å². The van der Waals surface area contributed by atoms with Gasteiger partial charge in [-0.05, 0) is 11.6 Å². The van der Waals surface area contributed by atoms with Gasteiger partial charge in [-0.25, -0.2) is 0 Å². The van der Waals surface area contributed by atoms with E-state index in [0.29, 0.717) is 6.54 Å². The Morgan fingerprint density at radius 1 is 1.21 bits per heavy atom. The molecule has 0 N–H and O–H groups in total. The van der Waals surface area contributed by atoms with Gasteiger partial charge in [0.15, 0.2) is 0 Å². The zero-order valence-electron chi connectivity index (χ0n) is 7.47. The molecule has 71 valence electrons. The van der Waals surface area contributed by atoms with E-state index in [1.165, 1.54) is 0 Å². The van der Waals surface area contributed by atoms with Crippen molar-refractivity contribution in [2.24, 2.45) is 0 Å². The minimum absolute atomic E-state index is 0.636. The van der Waals surface area contributed by atoms with Crippen molar-refractivity contribution in [2.75, 3.05) is 0 Å². The van der Waals surface area contributed by atoms with Crippen molar-refractivity contribution >= 4 is 11.6 Å². The van der Waals surface area contributed by atoms with Gasteiger partial charge in [-0.2, -0.15) is 15.0 Å². The van der Waals surface area contributed by atoms with Gasteiger partial charge in [-0.3, -0.25) is 0 Å². The number of hydrogen-bond acceptors (Lipinski definition) is 2. The lowest BCUT2D eigenvalue weighted by Gasteiger charge is -2.02. The number of rotatable bonds is 3. The molecule has 1 aromatic heterocycles. The molecule has 1 heterocycles. The monoisotopic (exact) mass is 206 g/mol. The maximum Gasteiger partial charge on any atom is 0.0693 e. The van der Waals surface area contributed by atoms with Gasteiger partial charge in [0.1, 0.15) is 0 Å². The minimum Gasteiger partial charge on any atom is -0.184 e. The van der Waals surface area contributed by atoms with E-state index >= 15 is 0 Å². The zero-order chi connectivity index (χ0) is 9.80. The van der Waals surface area contributed by atoms with Crippen molar-refractivity contribution in [2.45, 2.75) is 6.54 Å². The summed E-state index contributed by atoms with van der Waals surface area (Å²) >= 11 is 5.98. The summed E-state index contributed by atoms with van der Waals surface area (Å²) in [6.07, 6.45) is 5.29. The Bertz CT molecular complexity index is 398. The van der Waals surface area contributed by atoms with Gasteiger partial charge < -0.3 is 0 Å². The van der Waals surface area contributed by atoms with Crippen molar-refractivity contribution in [3.05, 3.63) is 53.7 Å². The summed E-state index contributed by atoms with van der Waals surface area (Å²) in [6, 6.07) is 7.69. The van der Waals surface area contributed by atoms with Crippen LogP contribution in [0, 0.1) is 6.42 Å². The molecule has 1 aromatic carbocycles. The van der Waals surface area contributed by atoms with Gasteiger partial charge in [0.25, 0.3) is 0 Å². The first-order valence-electron chi connectivity index (χ1n) is 4.28. The largest absolute Gasteiger partial charge is 0.184 e. The highest BCUT2D eigenvalue weighted by atomic mass is 35.5. The maximum atomic E-state index is 5.98. The molecule has 0 aliphatic carbocycles. The van der Waals surface area contributed by atoms with Crippen LogP contribution in [0.4, 0.5) is 0 Å². The molecule has 0 saturated carbocycles. The van der Waals surface area contributed by atoms with E-state index < -0.39 is 0 Å². The highest BCUT2D eigenvalue weighted by Crippen LogP contribution is 2.16. The normalized spacial score (nSPS) is 10.4. The molecule has 0 aliphatic rings. The second-order valence-corrected chi connectivity index (χ2v) is 3.22. The van der Waals surface area contributed by atoms with Gasteiger partial charge in [0, 0.05) is 11.4 Å². The Labute approximate surface area is 87.3 Å². The fourth-order valence-electron chi connectivity index (χ4n) is 1.16. The zero-order valence-corrected chi connectivity index (χ0v) is 8.22. The molecule has 4 heteroatoms. The molecule has 0 amide bonds. The summed E-state index contributed by atoms with van der Waals surface area (Å²) in [5, 5.41) is 8.73. The van der Waals surface area contributed by atoms with Crippen LogP contribution in [0.3, 0.4) is 0 Å². The van der Waals surface area contributed by atoms with Crippen molar-refractivity contribution in [1.29, 1.82) is 0 Å². The fraction of sp³-hybridized carbons (Fsp3) is 0.100. The second-order valence-electron chi connectivity index (χ2n) is 2.81. The van der Waals surface area contributed by atoms with Crippen LogP contribution in [0.5, 0.6) is 0 Å². The Kier molecular flexibility index (Phi) is 2.79. The number of nitrogens with zero attached hydrogens (tertiary/aromatic N) is 3. The van der Waals surface area contributed by atoms with Crippen molar-refractivity contribution in [1.82, 2.24) is 15.0 Å². The smallest absolute Gasteiger partial charge is 0.0693 e. The lowest BCUT2D eigenvalue weighted by Crippen LogP contribution is -2.03. The number of aromatic nitrogens is 3. The summed E-state index contributed by atoms with van der Waals surface area (Å²) in [7, 11) is 0. The van der Waals surface area contributed by atoms with Crippen molar-refractivity contribution in [3.63, 3.8) is 0 Å². The lowest BCUT2D eigenvalue weighted by atomic mass is 10.1. The molecule has 0 bridgehead atoms. The van der Waals surface area contributed by atoms with Crippen LogP contribution in [0.15, 0.2) is 36.7 Å². The Hall–Kier alpha value is -1.35. The SMILES string of the molecule is Clc1ccccc1[CH]Cn1nccn1. The average molecular weight is 207 g/mol. The van der Waals surface area contributed by atoms with Gasteiger partial charge >= 0.3 is 0 Å². The third-order valence-corrected chi connectivity index (χ3v) is 2.19. The molecule has 2 aromatic rings. The van der Waals surface area contributed by atoms with Crippen LogP contribution < -0.4 is 0 Å². The molecular formula is C10H9ClN3. The van der Waals surface area contributed by atoms with Crippen molar-refractivity contribution in [3.8, 4) is 0 Å². The Balaban J connectivity index is 2.02. The molecule has 3 nitrogen and oxygen atoms in total. The van der Waals surface area contributed by atoms with Gasteiger partial charge in [-0.1, -0.05) is 29.8 Å². The van der Waals surface area contributed by atoms with E-state index in [-0.39, 0.29) is 0 Å². The van der Waals surface area contributed by atoms with E-state index in [1.807, 2.05) is 30.7 Å². The summed E-state index contributed by atoms with van der Waals surface area (Å²) in [4.78, 5) is 1.60. The summed E-state index contributed by atoms with van der Waals surface area (Å²) < 4.78 is 0. The highest BCUT2D eigenvalue weighted by Gasteiger charge is 1.99. The quantitative estimate of drug-likeness (QED) is 0.771. The van der Waals surface area contributed by atoms with E-state index in [0.717, 1.165) is 10.6 Å². The fourth-order valence-corrected chi connectivity index (χ4v) is 1.37. The number of benzene rings is 1. The molecule has 0 atom stereocenters. The van der Waals surface area contributed by atoms with Gasteiger partial charge in [0.05, 0.1) is 18.9 Å². The van der Waals surface area contributed by atoms with Crippen LogP contribution >= 0.6 is 11.6 Å². The third-order valence-electron chi connectivity index (χ3n) is 1.85. The standard InChI is InChI=1S/C10H9ClN3/c11-10-4-2-1-3-9(10)5-8-14-12-6-7-13-14/h1-7H,8H2. The van der Waals surface area contributed by atoms with Crippen LogP contribution in [-0.2, 0) is 6.54 Å². The summed E-state index contributed by atoms with van der Waals surface area (Å²) in [6.45, 7) is 0.636. The predicted octanol–water partition coefficient (Wildman–Crippen LogP) is 2.18. The maximum absolute atomic E-state index is 5.98.